The van der Waals surface area contributed by atoms with Crippen LogP contribution < -0.4 is 21.1 Å². The molecule has 33 heavy (non-hydrogen) atoms. The molecule has 3 amide bonds. The van der Waals surface area contributed by atoms with Crippen LogP contribution in [0.25, 0.3) is 0 Å². The van der Waals surface area contributed by atoms with Crippen LogP contribution in [0, 0.1) is 0 Å². The summed E-state index contributed by atoms with van der Waals surface area (Å²) in [5.41, 5.74) is 7.11. The van der Waals surface area contributed by atoms with Crippen molar-refractivity contribution in [1.82, 2.24) is 5.32 Å². The fourth-order valence-electron chi connectivity index (χ4n) is 3.49. The number of carbonyl (C=O) groups excluding carboxylic acids is 4. The van der Waals surface area contributed by atoms with Crippen LogP contribution in [0.15, 0.2) is 24.3 Å². The summed E-state index contributed by atoms with van der Waals surface area (Å²) in [4.78, 5) is 49.3. The number of thiophene rings is 1. The van der Waals surface area contributed by atoms with E-state index >= 15 is 0 Å². The maximum absolute atomic E-state index is 12.2. The number of carbonyl (C=O) groups is 4. The summed E-state index contributed by atoms with van der Waals surface area (Å²) in [7, 11) is 0. The number of amides is 3. The van der Waals surface area contributed by atoms with Crippen molar-refractivity contribution in [3.8, 4) is 5.75 Å². The number of aryl methyl sites for hydroxylation is 1. The first-order valence-corrected chi connectivity index (χ1v) is 11.5. The van der Waals surface area contributed by atoms with E-state index in [2.05, 4.69) is 10.6 Å². The summed E-state index contributed by atoms with van der Waals surface area (Å²) >= 11 is 1.33. The standard InChI is InChI=1S/C23H27N3O6S/c1-13(2)32-15-9-7-14(8-10-15)22(30)25-11-19(28)31-12-18(27)26-23-20(21(24)29)16-5-3-4-6-17(16)33-23/h7-10,13H,3-6,11-12H2,1-2H3,(H2,24,29)(H,25,30)(H,26,27). The Kier molecular flexibility index (Phi) is 8.05. The molecule has 0 fully saturated rings. The molecule has 9 nitrogen and oxygen atoms in total. The Hall–Kier alpha value is -3.40. The topological polar surface area (TPSA) is 137 Å². The number of fused-ring (bicyclic) bond motifs is 1. The number of benzene rings is 1. The highest BCUT2D eigenvalue weighted by Crippen LogP contribution is 2.37. The number of anilines is 1. The van der Waals surface area contributed by atoms with Gasteiger partial charge in [0.1, 0.15) is 17.3 Å². The zero-order chi connectivity index (χ0) is 24.0. The number of nitrogens with one attached hydrogen (secondary N) is 2. The van der Waals surface area contributed by atoms with Crippen LogP contribution in [-0.2, 0) is 27.2 Å². The van der Waals surface area contributed by atoms with Gasteiger partial charge in [0.05, 0.1) is 11.7 Å². The first-order valence-electron chi connectivity index (χ1n) is 10.7. The van der Waals surface area contributed by atoms with Crippen LogP contribution in [0.3, 0.4) is 0 Å². The molecule has 10 heteroatoms. The van der Waals surface area contributed by atoms with Gasteiger partial charge in [0.25, 0.3) is 17.7 Å². The zero-order valence-corrected chi connectivity index (χ0v) is 19.4. The van der Waals surface area contributed by atoms with E-state index < -0.39 is 36.8 Å². The Morgan fingerprint density at radius 1 is 1.09 bits per heavy atom. The molecule has 0 atom stereocenters. The Bertz CT molecular complexity index is 1050. The Labute approximate surface area is 195 Å². The molecule has 1 heterocycles. The molecule has 4 N–H and O–H groups in total. The molecular formula is C23H27N3O6S. The number of nitrogens with two attached hydrogens (primary N) is 1. The number of ether oxygens (including phenoxy) is 2. The lowest BCUT2D eigenvalue weighted by Crippen LogP contribution is -2.32. The predicted octanol–water partition coefficient (Wildman–Crippen LogP) is 2.42. The van der Waals surface area contributed by atoms with Gasteiger partial charge < -0.3 is 25.8 Å². The molecule has 1 aromatic heterocycles. The molecule has 0 radical (unpaired) electrons. The lowest BCUT2D eigenvalue weighted by molar-refractivity contribution is -0.146. The summed E-state index contributed by atoms with van der Waals surface area (Å²) in [5, 5.41) is 5.44. The summed E-state index contributed by atoms with van der Waals surface area (Å²) in [5.74, 6) is -1.76. The van der Waals surface area contributed by atoms with Gasteiger partial charge in [0, 0.05) is 10.4 Å². The highest BCUT2D eigenvalue weighted by molar-refractivity contribution is 7.17. The molecule has 1 aromatic carbocycles. The minimum atomic E-state index is -0.765. The Morgan fingerprint density at radius 3 is 2.45 bits per heavy atom. The second-order valence-electron chi connectivity index (χ2n) is 7.86. The molecule has 0 saturated heterocycles. The maximum Gasteiger partial charge on any atom is 0.325 e. The molecule has 2 aromatic rings. The van der Waals surface area contributed by atoms with E-state index in [0.717, 1.165) is 36.1 Å². The molecule has 0 saturated carbocycles. The van der Waals surface area contributed by atoms with Crippen molar-refractivity contribution in [2.24, 2.45) is 5.73 Å². The normalized spacial score (nSPS) is 12.6. The van der Waals surface area contributed by atoms with E-state index in [1.54, 1.807) is 24.3 Å². The van der Waals surface area contributed by atoms with E-state index in [9.17, 15) is 19.2 Å². The van der Waals surface area contributed by atoms with Crippen molar-refractivity contribution in [1.29, 1.82) is 0 Å². The van der Waals surface area contributed by atoms with E-state index in [-0.39, 0.29) is 6.10 Å². The lowest BCUT2D eigenvalue weighted by atomic mass is 9.95. The van der Waals surface area contributed by atoms with Gasteiger partial charge >= 0.3 is 5.97 Å². The summed E-state index contributed by atoms with van der Waals surface area (Å²) in [6.07, 6.45) is 3.61. The molecule has 176 valence electrons. The minimum absolute atomic E-state index is 0.0178. The third kappa shape index (κ3) is 6.55. The van der Waals surface area contributed by atoms with Crippen LogP contribution in [0.1, 0.15) is 57.8 Å². The minimum Gasteiger partial charge on any atom is -0.491 e. The third-order valence-electron chi connectivity index (χ3n) is 4.92. The number of hydrogen-bond acceptors (Lipinski definition) is 7. The lowest BCUT2D eigenvalue weighted by Gasteiger charge is -2.11. The summed E-state index contributed by atoms with van der Waals surface area (Å²) < 4.78 is 10.4. The summed E-state index contributed by atoms with van der Waals surface area (Å²) in [6, 6.07) is 6.51. The van der Waals surface area contributed by atoms with Gasteiger partial charge in [-0.1, -0.05) is 0 Å². The second kappa shape index (κ2) is 11.0. The Balaban J connectivity index is 1.46. The van der Waals surface area contributed by atoms with Gasteiger partial charge in [-0.2, -0.15) is 0 Å². The van der Waals surface area contributed by atoms with Gasteiger partial charge in [-0.25, -0.2) is 0 Å². The highest BCUT2D eigenvalue weighted by Gasteiger charge is 2.25. The summed E-state index contributed by atoms with van der Waals surface area (Å²) in [6.45, 7) is 2.86. The van der Waals surface area contributed by atoms with Crippen molar-refractivity contribution < 1.29 is 28.7 Å². The maximum atomic E-state index is 12.2. The quantitative estimate of drug-likeness (QED) is 0.479. The van der Waals surface area contributed by atoms with Gasteiger partial charge in [0.2, 0.25) is 0 Å². The molecule has 0 bridgehead atoms. The molecule has 3 rings (SSSR count). The first kappa shape index (κ1) is 24.2. The van der Waals surface area contributed by atoms with Crippen molar-refractivity contribution in [3.05, 3.63) is 45.8 Å². The molecule has 0 aliphatic heterocycles. The Morgan fingerprint density at radius 2 is 1.79 bits per heavy atom. The van der Waals surface area contributed by atoms with Gasteiger partial charge in [-0.05, 0) is 69.4 Å². The first-order chi connectivity index (χ1) is 15.7. The van der Waals surface area contributed by atoms with Gasteiger partial charge in [-0.15, -0.1) is 11.3 Å². The van der Waals surface area contributed by atoms with Gasteiger partial charge in [-0.3, -0.25) is 19.2 Å². The van der Waals surface area contributed by atoms with Crippen LogP contribution in [0.2, 0.25) is 0 Å². The van der Waals surface area contributed by atoms with E-state index in [4.69, 9.17) is 15.2 Å². The number of rotatable bonds is 9. The molecule has 0 unspecified atom stereocenters. The molecular weight excluding hydrogens is 446 g/mol. The van der Waals surface area contributed by atoms with Crippen molar-refractivity contribution in [3.63, 3.8) is 0 Å². The largest absolute Gasteiger partial charge is 0.491 e. The monoisotopic (exact) mass is 473 g/mol. The number of primary amides is 1. The van der Waals surface area contributed by atoms with E-state index in [0.29, 0.717) is 21.9 Å². The fourth-order valence-corrected chi connectivity index (χ4v) is 4.80. The van der Waals surface area contributed by atoms with Crippen molar-refractivity contribution >= 4 is 40.0 Å². The number of hydrogen-bond donors (Lipinski definition) is 3. The molecule has 1 aliphatic carbocycles. The van der Waals surface area contributed by atoms with Crippen LogP contribution in [-0.4, -0.2) is 42.9 Å². The van der Waals surface area contributed by atoms with Gasteiger partial charge in [0.15, 0.2) is 6.61 Å². The number of esters is 1. The van der Waals surface area contributed by atoms with Crippen LogP contribution in [0.4, 0.5) is 5.00 Å². The molecule has 0 spiro atoms. The predicted molar refractivity (Wildman–Crippen MR) is 124 cm³/mol. The SMILES string of the molecule is CC(C)Oc1ccc(C(=O)NCC(=O)OCC(=O)Nc2sc3c(c2C(N)=O)CCCC3)cc1. The van der Waals surface area contributed by atoms with E-state index in [1.807, 2.05) is 13.8 Å². The van der Waals surface area contributed by atoms with Crippen molar-refractivity contribution in [2.75, 3.05) is 18.5 Å². The smallest absolute Gasteiger partial charge is 0.325 e. The second-order valence-corrected chi connectivity index (χ2v) is 8.97. The van der Waals surface area contributed by atoms with Crippen LogP contribution >= 0.6 is 11.3 Å². The average Bonchev–Trinajstić information content (AvgIpc) is 3.14. The highest BCUT2D eigenvalue weighted by atomic mass is 32.1. The third-order valence-corrected chi connectivity index (χ3v) is 6.12. The van der Waals surface area contributed by atoms with Crippen LogP contribution in [0.5, 0.6) is 5.75 Å². The molecule has 1 aliphatic rings. The van der Waals surface area contributed by atoms with E-state index in [1.165, 1.54) is 11.3 Å². The van der Waals surface area contributed by atoms with Crippen molar-refractivity contribution in [2.45, 2.75) is 45.6 Å². The fraction of sp³-hybridized carbons (Fsp3) is 0.391. The zero-order valence-electron chi connectivity index (χ0n) is 18.6. The average molecular weight is 474 g/mol.